The lowest BCUT2D eigenvalue weighted by atomic mass is 10.0. The second-order valence-electron chi connectivity index (χ2n) is 5.78. The van der Waals surface area contributed by atoms with E-state index in [0.717, 1.165) is 53.8 Å². The number of anilines is 1. The van der Waals surface area contributed by atoms with Crippen LogP contribution in [-0.4, -0.2) is 23.2 Å². The van der Waals surface area contributed by atoms with E-state index in [9.17, 15) is 0 Å². The van der Waals surface area contributed by atoms with Crippen molar-refractivity contribution in [2.24, 2.45) is 0 Å². The van der Waals surface area contributed by atoms with Gasteiger partial charge in [0.2, 0.25) is 0 Å². The summed E-state index contributed by atoms with van der Waals surface area (Å²) in [7, 11) is 0. The molecule has 0 spiro atoms. The minimum absolute atomic E-state index is 0.828. The van der Waals surface area contributed by atoms with E-state index in [2.05, 4.69) is 33.7 Å². The van der Waals surface area contributed by atoms with Crippen molar-refractivity contribution in [3.05, 3.63) is 35.4 Å². The van der Waals surface area contributed by atoms with Crippen LogP contribution in [0.1, 0.15) is 37.9 Å². The van der Waals surface area contributed by atoms with Crippen LogP contribution in [0.2, 0.25) is 0 Å². The molecule has 0 unspecified atom stereocenters. The van der Waals surface area contributed by atoms with E-state index >= 15 is 0 Å². The summed E-state index contributed by atoms with van der Waals surface area (Å²) < 4.78 is 5.49. The normalized spacial score (nSPS) is 18.5. The number of aromatic nitrogens is 2. The molecule has 3 heterocycles. The molecule has 0 aromatic carbocycles. The van der Waals surface area contributed by atoms with Gasteiger partial charge < -0.3 is 9.42 Å². The molecular weight excluding hydrogens is 294 g/mol. The van der Waals surface area contributed by atoms with Gasteiger partial charge in [0.1, 0.15) is 11.4 Å². The van der Waals surface area contributed by atoms with Crippen LogP contribution < -0.4 is 4.90 Å². The Kier molecular flexibility index (Phi) is 3.81. The fourth-order valence-corrected chi connectivity index (χ4v) is 3.81. The SMILES string of the molecule is C1=CC(c2cc(-c3csc(N4CCCCC4)n3)no2)=CCC1. The predicted octanol–water partition coefficient (Wildman–Crippen LogP) is 4.52. The highest BCUT2D eigenvalue weighted by Gasteiger charge is 2.17. The fraction of sp³-hybridized carbons (Fsp3) is 0.412. The Bertz CT molecular complexity index is 707. The second-order valence-corrected chi connectivity index (χ2v) is 6.62. The lowest BCUT2D eigenvalue weighted by molar-refractivity contribution is 0.413. The molecule has 4 rings (SSSR count). The maximum atomic E-state index is 5.49. The number of hydrogen-bond donors (Lipinski definition) is 0. The minimum atomic E-state index is 0.828. The first-order chi connectivity index (χ1) is 10.9. The van der Waals surface area contributed by atoms with Gasteiger partial charge in [-0.05, 0) is 32.1 Å². The van der Waals surface area contributed by atoms with E-state index in [1.54, 1.807) is 11.3 Å². The van der Waals surface area contributed by atoms with Gasteiger partial charge in [-0.3, -0.25) is 0 Å². The first-order valence-corrected chi connectivity index (χ1v) is 8.83. The summed E-state index contributed by atoms with van der Waals surface area (Å²) in [6, 6.07) is 2.00. The summed E-state index contributed by atoms with van der Waals surface area (Å²) in [6.45, 7) is 2.24. The Labute approximate surface area is 134 Å². The maximum Gasteiger partial charge on any atom is 0.185 e. The summed E-state index contributed by atoms with van der Waals surface area (Å²) in [5.41, 5.74) is 2.87. The molecule has 0 saturated carbocycles. The highest BCUT2D eigenvalue weighted by molar-refractivity contribution is 7.14. The third-order valence-electron chi connectivity index (χ3n) is 4.17. The fourth-order valence-electron chi connectivity index (χ4n) is 2.94. The molecule has 1 fully saturated rings. The van der Waals surface area contributed by atoms with Gasteiger partial charge in [-0.25, -0.2) is 4.98 Å². The zero-order valence-electron chi connectivity index (χ0n) is 12.5. The molecule has 2 aromatic rings. The highest BCUT2D eigenvalue weighted by Crippen LogP contribution is 2.30. The van der Waals surface area contributed by atoms with Crippen molar-refractivity contribution in [3.63, 3.8) is 0 Å². The summed E-state index contributed by atoms with van der Waals surface area (Å²) in [6.07, 6.45) is 12.5. The molecule has 4 nitrogen and oxygen atoms in total. The van der Waals surface area contributed by atoms with Gasteiger partial charge >= 0.3 is 0 Å². The van der Waals surface area contributed by atoms with Crippen molar-refractivity contribution in [1.29, 1.82) is 0 Å². The van der Waals surface area contributed by atoms with Crippen LogP contribution in [0.4, 0.5) is 5.13 Å². The van der Waals surface area contributed by atoms with Crippen molar-refractivity contribution in [1.82, 2.24) is 10.1 Å². The van der Waals surface area contributed by atoms with Gasteiger partial charge in [-0.2, -0.15) is 0 Å². The van der Waals surface area contributed by atoms with Crippen molar-refractivity contribution in [3.8, 4) is 11.4 Å². The molecule has 0 radical (unpaired) electrons. The second kappa shape index (κ2) is 6.08. The Morgan fingerprint density at radius 2 is 2.00 bits per heavy atom. The van der Waals surface area contributed by atoms with Crippen LogP contribution in [0.25, 0.3) is 17.0 Å². The van der Waals surface area contributed by atoms with Crippen LogP contribution in [0.5, 0.6) is 0 Å². The first kappa shape index (κ1) is 13.8. The van der Waals surface area contributed by atoms with E-state index in [4.69, 9.17) is 9.51 Å². The summed E-state index contributed by atoms with van der Waals surface area (Å²) in [5, 5.41) is 7.38. The molecule has 0 N–H and O–H groups in total. The largest absolute Gasteiger partial charge is 0.356 e. The molecule has 1 saturated heterocycles. The van der Waals surface area contributed by atoms with Gasteiger partial charge in [0.05, 0.1) is 0 Å². The zero-order valence-corrected chi connectivity index (χ0v) is 13.3. The van der Waals surface area contributed by atoms with Gasteiger partial charge in [0, 0.05) is 30.1 Å². The first-order valence-electron chi connectivity index (χ1n) is 7.95. The lowest BCUT2D eigenvalue weighted by Crippen LogP contribution is -2.29. The molecule has 1 aliphatic carbocycles. The molecular formula is C17H19N3OS. The van der Waals surface area contributed by atoms with Crippen molar-refractivity contribution >= 4 is 22.0 Å². The summed E-state index contributed by atoms with van der Waals surface area (Å²) >= 11 is 1.70. The summed E-state index contributed by atoms with van der Waals surface area (Å²) in [5.74, 6) is 0.832. The Morgan fingerprint density at radius 1 is 1.09 bits per heavy atom. The van der Waals surface area contributed by atoms with Gasteiger partial charge in [-0.1, -0.05) is 23.4 Å². The van der Waals surface area contributed by atoms with Gasteiger partial charge in [0.25, 0.3) is 0 Å². The topological polar surface area (TPSA) is 42.2 Å². The zero-order chi connectivity index (χ0) is 14.8. The summed E-state index contributed by atoms with van der Waals surface area (Å²) in [4.78, 5) is 7.13. The van der Waals surface area contributed by atoms with Crippen LogP contribution >= 0.6 is 11.3 Å². The van der Waals surface area contributed by atoms with Gasteiger partial charge in [0.15, 0.2) is 10.9 Å². The van der Waals surface area contributed by atoms with E-state index in [1.807, 2.05) is 6.07 Å². The maximum absolute atomic E-state index is 5.49. The van der Waals surface area contributed by atoms with E-state index in [1.165, 1.54) is 19.3 Å². The van der Waals surface area contributed by atoms with Crippen LogP contribution in [0.15, 0.2) is 34.2 Å². The van der Waals surface area contributed by atoms with Crippen molar-refractivity contribution in [2.45, 2.75) is 32.1 Å². The monoisotopic (exact) mass is 313 g/mol. The Morgan fingerprint density at radius 3 is 2.82 bits per heavy atom. The van der Waals surface area contributed by atoms with E-state index in [0.29, 0.717) is 0 Å². The molecule has 2 aliphatic rings. The molecule has 0 amide bonds. The minimum Gasteiger partial charge on any atom is -0.356 e. The smallest absolute Gasteiger partial charge is 0.185 e. The van der Waals surface area contributed by atoms with Crippen LogP contribution in [-0.2, 0) is 0 Å². The molecule has 114 valence electrons. The van der Waals surface area contributed by atoms with E-state index < -0.39 is 0 Å². The third-order valence-corrected chi connectivity index (χ3v) is 5.07. The average molecular weight is 313 g/mol. The molecule has 5 heteroatoms. The standard InChI is InChI=1S/C17H19N3OS/c1-3-7-13(8-4-1)16-11-14(19-21-16)15-12-22-17(18-15)20-9-5-2-6-10-20/h3,7-8,11-12H,1-2,4-6,9-10H2. The van der Waals surface area contributed by atoms with Crippen LogP contribution in [0.3, 0.4) is 0 Å². The quantitative estimate of drug-likeness (QED) is 0.835. The highest BCUT2D eigenvalue weighted by atomic mass is 32.1. The third kappa shape index (κ3) is 2.73. The van der Waals surface area contributed by atoms with Crippen molar-refractivity contribution in [2.75, 3.05) is 18.0 Å². The number of allylic oxidation sites excluding steroid dienone is 4. The Hall–Kier alpha value is -1.88. The number of piperidine rings is 1. The molecule has 1 aliphatic heterocycles. The molecule has 0 atom stereocenters. The predicted molar refractivity (Wildman–Crippen MR) is 90.0 cm³/mol. The number of nitrogens with zero attached hydrogens (tertiary/aromatic N) is 3. The van der Waals surface area contributed by atoms with Gasteiger partial charge in [-0.15, -0.1) is 11.3 Å². The lowest BCUT2D eigenvalue weighted by Gasteiger charge is -2.25. The van der Waals surface area contributed by atoms with Crippen molar-refractivity contribution < 1.29 is 4.52 Å². The number of hydrogen-bond acceptors (Lipinski definition) is 5. The number of thiazole rings is 1. The van der Waals surface area contributed by atoms with Crippen LogP contribution in [0, 0.1) is 0 Å². The Balaban J connectivity index is 1.55. The molecule has 2 aromatic heterocycles. The molecule has 22 heavy (non-hydrogen) atoms. The number of rotatable bonds is 3. The average Bonchev–Trinajstić information content (AvgIpc) is 3.26. The van der Waals surface area contributed by atoms with E-state index in [-0.39, 0.29) is 0 Å². The molecule has 0 bridgehead atoms.